The van der Waals surface area contributed by atoms with Gasteiger partial charge in [0.05, 0.1) is 19.1 Å². The van der Waals surface area contributed by atoms with Crippen LogP contribution in [-0.2, 0) is 19.1 Å². The fourth-order valence-corrected chi connectivity index (χ4v) is 4.00. The number of nitrogens with one attached hydrogen (secondary N) is 2. The van der Waals surface area contributed by atoms with Crippen LogP contribution in [0, 0.1) is 11.3 Å². The van der Waals surface area contributed by atoms with Crippen LogP contribution in [0.3, 0.4) is 0 Å². The van der Waals surface area contributed by atoms with Gasteiger partial charge in [0, 0.05) is 19.1 Å². The van der Waals surface area contributed by atoms with Gasteiger partial charge in [-0.05, 0) is 50.6 Å². The Bertz CT molecular complexity index is 439. The fourth-order valence-electron chi connectivity index (χ4n) is 4.00. The van der Waals surface area contributed by atoms with Gasteiger partial charge in [0.15, 0.2) is 0 Å². The third-order valence-corrected chi connectivity index (χ3v) is 5.65. The van der Waals surface area contributed by atoms with Crippen LogP contribution in [0.2, 0.25) is 0 Å². The molecule has 0 radical (unpaired) electrons. The molecule has 1 atom stereocenters. The number of esters is 1. The monoisotopic (exact) mass is 310 g/mol. The average molecular weight is 310 g/mol. The molecule has 2 saturated heterocycles. The molecular formula is C16H26N2O4. The fraction of sp³-hybridized carbons (Fsp3) is 0.875. The molecule has 22 heavy (non-hydrogen) atoms. The topological polar surface area (TPSA) is 76.7 Å². The van der Waals surface area contributed by atoms with Gasteiger partial charge in [0.2, 0.25) is 5.91 Å². The zero-order valence-electron chi connectivity index (χ0n) is 13.3. The first-order valence-electron chi connectivity index (χ1n) is 8.27. The van der Waals surface area contributed by atoms with Gasteiger partial charge in [0.1, 0.15) is 0 Å². The summed E-state index contributed by atoms with van der Waals surface area (Å²) in [5, 5.41) is 6.54. The maximum absolute atomic E-state index is 12.7. The largest absolute Gasteiger partial charge is 0.469 e. The van der Waals surface area contributed by atoms with Crippen LogP contribution >= 0.6 is 0 Å². The molecule has 1 amide bonds. The number of amides is 1. The van der Waals surface area contributed by atoms with Crippen LogP contribution in [0.15, 0.2) is 0 Å². The molecule has 6 nitrogen and oxygen atoms in total. The van der Waals surface area contributed by atoms with Crippen LogP contribution in [0.5, 0.6) is 0 Å². The highest BCUT2D eigenvalue weighted by molar-refractivity contribution is 5.84. The minimum absolute atomic E-state index is 0.118. The van der Waals surface area contributed by atoms with Crippen LogP contribution < -0.4 is 10.6 Å². The lowest BCUT2D eigenvalue weighted by molar-refractivity contribution is -0.144. The van der Waals surface area contributed by atoms with E-state index in [4.69, 9.17) is 9.47 Å². The predicted molar refractivity (Wildman–Crippen MR) is 80.2 cm³/mol. The van der Waals surface area contributed by atoms with Crippen LogP contribution in [-0.4, -0.2) is 50.8 Å². The molecule has 1 saturated carbocycles. The normalized spacial score (nSPS) is 28.9. The summed E-state index contributed by atoms with van der Waals surface area (Å²) in [6, 6.07) is 0. The molecule has 1 aliphatic carbocycles. The zero-order chi connectivity index (χ0) is 15.6. The highest BCUT2D eigenvalue weighted by atomic mass is 16.5. The van der Waals surface area contributed by atoms with Crippen LogP contribution in [0.25, 0.3) is 0 Å². The molecule has 1 unspecified atom stereocenters. The lowest BCUT2D eigenvalue weighted by Gasteiger charge is -2.37. The van der Waals surface area contributed by atoms with Crippen molar-refractivity contribution in [1.29, 1.82) is 0 Å². The van der Waals surface area contributed by atoms with E-state index in [9.17, 15) is 9.59 Å². The number of carbonyl (C=O) groups excluding carboxylic acids is 2. The average Bonchev–Trinajstić information content (AvgIpc) is 3.22. The number of carbonyl (C=O) groups is 2. The lowest BCUT2D eigenvalue weighted by Crippen LogP contribution is -2.54. The first kappa shape index (κ1) is 15.7. The van der Waals surface area contributed by atoms with Gasteiger partial charge < -0.3 is 20.1 Å². The summed E-state index contributed by atoms with van der Waals surface area (Å²) >= 11 is 0. The second kappa shape index (κ2) is 6.16. The number of hydrogen-bond acceptors (Lipinski definition) is 5. The molecule has 3 fully saturated rings. The summed E-state index contributed by atoms with van der Waals surface area (Å²) < 4.78 is 10.2. The Hall–Kier alpha value is -1.14. The zero-order valence-corrected chi connectivity index (χ0v) is 13.3. The van der Waals surface area contributed by atoms with E-state index < -0.39 is 5.54 Å². The van der Waals surface area contributed by atoms with Crippen molar-refractivity contribution in [2.24, 2.45) is 11.3 Å². The first-order valence-corrected chi connectivity index (χ1v) is 8.27. The van der Waals surface area contributed by atoms with Gasteiger partial charge in [-0.1, -0.05) is 0 Å². The minimum Gasteiger partial charge on any atom is -0.469 e. The first-order chi connectivity index (χ1) is 10.6. The smallest absolute Gasteiger partial charge is 0.307 e. The van der Waals surface area contributed by atoms with Crippen LogP contribution in [0.4, 0.5) is 0 Å². The molecule has 3 rings (SSSR count). The summed E-state index contributed by atoms with van der Waals surface area (Å²) in [7, 11) is 1.39. The van der Waals surface area contributed by atoms with Crippen molar-refractivity contribution in [3.8, 4) is 0 Å². The van der Waals surface area contributed by atoms with Gasteiger partial charge in [-0.25, -0.2) is 0 Å². The molecule has 2 N–H and O–H groups in total. The van der Waals surface area contributed by atoms with E-state index in [2.05, 4.69) is 10.6 Å². The molecule has 0 aromatic rings. The summed E-state index contributed by atoms with van der Waals surface area (Å²) in [4.78, 5) is 24.4. The standard InChI is InChI=1S/C16H26N2O4/c1-21-13(19)11-16(4-8-22-9-5-16)18-14(20)12-10-15(12)2-6-17-7-3-15/h12,17H,2-11H2,1H3,(H,18,20). The van der Waals surface area contributed by atoms with Gasteiger partial charge >= 0.3 is 5.97 Å². The molecule has 2 heterocycles. The summed E-state index contributed by atoms with van der Waals surface area (Å²) in [6.45, 7) is 3.17. The number of ether oxygens (including phenoxy) is 2. The van der Waals surface area contributed by atoms with E-state index in [0.29, 0.717) is 26.1 Å². The van der Waals surface area contributed by atoms with Gasteiger partial charge in [-0.3, -0.25) is 9.59 Å². The molecule has 1 spiro atoms. The van der Waals surface area contributed by atoms with Crippen molar-refractivity contribution in [3.05, 3.63) is 0 Å². The van der Waals surface area contributed by atoms with E-state index in [1.165, 1.54) is 7.11 Å². The van der Waals surface area contributed by atoms with E-state index in [-0.39, 0.29) is 29.6 Å². The van der Waals surface area contributed by atoms with Gasteiger partial charge in [-0.2, -0.15) is 0 Å². The molecule has 124 valence electrons. The van der Waals surface area contributed by atoms with E-state index in [1.807, 2.05) is 0 Å². The maximum Gasteiger partial charge on any atom is 0.307 e. The van der Waals surface area contributed by atoms with Crippen molar-refractivity contribution < 1.29 is 19.1 Å². The highest BCUT2D eigenvalue weighted by Crippen LogP contribution is 2.58. The molecular weight excluding hydrogens is 284 g/mol. The van der Waals surface area contributed by atoms with E-state index >= 15 is 0 Å². The number of piperidine rings is 1. The molecule has 3 aliphatic rings. The van der Waals surface area contributed by atoms with Crippen molar-refractivity contribution >= 4 is 11.9 Å². The predicted octanol–water partition coefficient (Wildman–Crippen LogP) is 0.605. The molecule has 0 bridgehead atoms. The molecule has 0 aromatic carbocycles. The Morgan fingerprint density at radius 1 is 1.23 bits per heavy atom. The Balaban J connectivity index is 1.63. The Morgan fingerprint density at radius 3 is 2.55 bits per heavy atom. The molecule has 6 heteroatoms. The van der Waals surface area contributed by atoms with E-state index in [1.54, 1.807) is 0 Å². The van der Waals surface area contributed by atoms with Crippen LogP contribution in [0.1, 0.15) is 38.5 Å². The minimum atomic E-state index is -0.487. The Morgan fingerprint density at radius 2 is 1.91 bits per heavy atom. The number of hydrogen-bond donors (Lipinski definition) is 2. The van der Waals surface area contributed by atoms with Gasteiger partial charge in [0.25, 0.3) is 0 Å². The molecule has 0 aromatic heterocycles. The van der Waals surface area contributed by atoms with Crippen molar-refractivity contribution in [2.75, 3.05) is 33.4 Å². The van der Waals surface area contributed by atoms with Crippen molar-refractivity contribution in [1.82, 2.24) is 10.6 Å². The number of methoxy groups -OCH3 is 1. The second-order valence-electron chi connectivity index (χ2n) is 7.00. The summed E-state index contributed by atoms with van der Waals surface area (Å²) in [6.07, 6.45) is 4.74. The lowest BCUT2D eigenvalue weighted by atomic mass is 9.85. The van der Waals surface area contributed by atoms with Crippen molar-refractivity contribution in [2.45, 2.75) is 44.1 Å². The highest BCUT2D eigenvalue weighted by Gasteiger charge is 2.58. The summed E-state index contributed by atoms with van der Waals surface area (Å²) in [5.74, 6) is -0.0331. The quantitative estimate of drug-likeness (QED) is 0.744. The molecule has 2 aliphatic heterocycles. The maximum atomic E-state index is 12.7. The third kappa shape index (κ3) is 3.13. The number of rotatable bonds is 4. The third-order valence-electron chi connectivity index (χ3n) is 5.65. The summed E-state index contributed by atoms with van der Waals surface area (Å²) in [5.41, 5.74) is -0.272. The van der Waals surface area contributed by atoms with Gasteiger partial charge in [-0.15, -0.1) is 0 Å². The Labute approximate surface area is 131 Å². The SMILES string of the molecule is COC(=O)CC1(NC(=O)C2CC23CCNCC3)CCOCC1. The van der Waals surface area contributed by atoms with E-state index in [0.717, 1.165) is 32.4 Å². The Kier molecular flexibility index (Phi) is 4.41. The second-order valence-corrected chi connectivity index (χ2v) is 7.00. The van der Waals surface area contributed by atoms with Crippen molar-refractivity contribution in [3.63, 3.8) is 0 Å².